The molecule has 0 spiro atoms. The predicted molar refractivity (Wildman–Crippen MR) is 156 cm³/mol. The molecule has 43 heavy (non-hydrogen) atoms. The molecule has 4 heterocycles. The molecule has 0 aliphatic carbocycles. The predicted octanol–water partition coefficient (Wildman–Crippen LogP) is 5.11. The minimum Gasteiger partial charge on any atom is -0.473 e. The summed E-state index contributed by atoms with van der Waals surface area (Å²) in [6, 6.07) is 11.0. The van der Waals surface area contributed by atoms with E-state index < -0.39 is 23.0 Å². The summed E-state index contributed by atoms with van der Waals surface area (Å²) in [6.07, 6.45) is 5.66. The van der Waals surface area contributed by atoms with Gasteiger partial charge in [0.25, 0.3) is 5.56 Å². The van der Waals surface area contributed by atoms with Gasteiger partial charge in [0.1, 0.15) is 23.1 Å². The first-order valence-electron chi connectivity index (χ1n) is 13.4. The number of nitrogens with one attached hydrogen (secondary N) is 1. The molecule has 1 aliphatic rings. The van der Waals surface area contributed by atoms with Crippen LogP contribution in [0.1, 0.15) is 36.3 Å². The van der Waals surface area contributed by atoms with E-state index in [9.17, 15) is 14.0 Å². The second-order valence-corrected chi connectivity index (χ2v) is 10.1. The van der Waals surface area contributed by atoms with Crippen LogP contribution in [-0.2, 0) is 6.42 Å². The van der Waals surface area contributed by atoms with Gasteiger partial charge in [-0.25, -0.2) is 18.7 Å². The van der Waals surface area contributed by atoms with Crippen molar-refractivity contribution in [2.24, 2.45) is 0 Å². The van der Waals surface area contributed by atoms with Crippen LogP contribution in [-0.4, -0.2) is 61.7 Å². The maximum absolute atomic E-state index is 15.2. The van der Waals surface area contributed by atoms with Crippen LogP contribution < -0.4 is 15.0 Å². The number of ether oxygens (including phenoxy) is 2. The van der Waals surface area contributed by atoms with Crippen molar-refractivity contribution in [1.29, 1.82) is 0 Å². The van der Waals surface area contributed by atoms with Crippen molar-refractivity contribution in [3.05, 3.63) is 100 Å². The van der Waals surface area contributed by atoms with Gasteiger partial charge in [0.2, 0.25) is 5.88 Å². The fourth-order valence-electron chi connectivity index (χ4n) is 4.86. The number of rotatable bonds is 8. The average Bonchev–Trinajstić information content (AvgIpc) is 3.40. The van der Waals surface area contributed by atoms with Crippen LogP contribution in [0.5, 0.6) is 17.4 Å². The number of ketones is 1. The highest BCUT2D eigenvalue weighted by atomic mass is 19.1. The zero-order valence-corrected chi connectivity index (χ0v) is 22.6. The summed E-state index contributed by atoms with van der Waals surface area (Å²) in [5.41, 5.74) is 0.194. The third-order valence-electron chi connectivity index (χ3n) is 7.12. The Morgan fingerprint density at radius 2 is 1.79 bits per heavy atom. The number of fused-ring (bicyclic) bond motifs is 1. The largest absolute Gasteiger partial charge is 0.473 e. The number of pyridine rings is 1. The van der Waals surface area contributed by atoms with Gasteiger partial charge in [-0.2, -0.15) is 0 Å². The normalized spacial score (nSPS) is 13.9. The van der Waals surface area contributed by atoms with Crippen molar-refractivity contribution in [2.45, 2.75) is 32.8 Å². The van der Waals surface area contributed by atoms with Crippen LogP contribution in [0.15, 0.2) is 71.9 Å². The maximum Gasteiger partial charge on any atom is 0.284 e. The molecule has 3 aromatic heterocycles. The van der Waals surface area contributed by atoms with Crippen molar-refractivity contribution in [2.75, 3.05) is 20.1 Å². The van der Waals surface area contributed by atoms with Crippen molar-refractivity contribution >= 4 is 16.8 Å². The maximum atomic E-state index is 15.2. The van der Waals surface area contributed by atoms with Gasteiger partial charge in [-0.3, -0.25) is 19.3 Å². The number of halogens is 2. The first kappa shape index (κ1) is 29.5. The van der Waals surface area contributed by atoms with Crippen LogP contribution in [0.25, 0.3) is 16.7 Å². The molecule has 0 bridgehead atoms. The van der Waals surface area contributed by atoms with Crippen LogP contribution in [0.2, 0.25) is 0 Å². The number of carbonyl (C=O) groups excluding carboxylic acids is 1. The van der Waals surface area contributed by atoms with Crippen molar-refractivity contribution in [1.82, 2.24) is 29.6 Å². The van der Waals surface area contributed by atoms with Gasteiger partial charge < -0.3 is 14.4 Å². The van der Waals surface area contributed by atoms with Gasteiger partial charge in [-0.15, -0.1) is 5.10 Å². The number of H-pyrrole nitrogens is 1. The average molecular weight is 589 g/mol. The van der Waals surface area contributed by atoms with Gasteiger partial charge in [0, 0.05) is 49.9 Å². The minimum absolute atomic E-state index is 0. The van der Waals surface area contributed by atoms with E-state index in [1.54, 1.807) is 12.1 Å². The van der Waals surface area contributed by atoms with Gasteiger partial charge >= 0.3 is 0 Å². The molecule has 1 N–H and O–H groups in total. The Balaban J connectivity index is 0.00000368. The smallest absolute Gasteiger partial charge is 0.284 e. The van der Waals surface area contributed by atoms with Gasteiger partial charge in [-0.05, 0) is 61.9 Å². The van der Waals surface area contributed by atoms with Crippen molar-refractivity contribution in [3.63, 3.8) is 0 Å². The number of carbonyl (C=O) groups is 1. The molecule has 12 heteroatoms. The summed E-state index contributed by atoms with van der Waals surface area (Å²) in [5, 5.41) is 7.60. The Labute approximate surface area is 245 Å². The van der Waals surface area contributed by atoms with Crippen LogP contribution in [0.4, 0.5) is 8.78 Å². The first-order valence-corrected chi connectivity index (χ1v) is 13.4. The second kappa shape index (κ2) is 12.5. The third-order valence-corrected chi connectivity index (χ3v) is 7.12. The summed E-state index contributed by atoms with van der Waals surface area (Å²) < 4.78 is 41.8. The molecule has 0 saturated carbocycles. The monoisotopic (exact) mass is 588 g/mol. The SMILES string of the molecule is C.CN1CCC(Oc2n[nH]c3nccc(Oc4ccc(CC(=O)c5nccn(-c6ccc(F)cc6)c5=O)cc4F)c23)CC1. The number of nitrogens with zero attached hydrogens (tertiary/aromatic N) is 5. The lowest BCUT2D eigenvalue weighted by Gasteiger charge is -2.28. The number of Topliss-reactive ketones (excluding diaryl/α,β-unsaturated/α-hetero) is 1. The molecule has 6 rings (SSSR count). The Bertz CT molecular complexity index is 1810. The molecule has 0 radical (unpaired) electrons. The van der Waals surface area contributed by atoms with Gasteiger partial charge in [0.15, 0.2) is 28.7 Å². The molecule has 1 saturated heterocycles. The van der Waals surface area contributed by atoms with E-state index in [4.69, 9.17) is 9.47 Å². The minimum atomic E-state index is -0.698. The van der Waals surface area contributed by atoms with E-state index in [2.05, 4.69) is 32.1 Å². The van der Waals surface area contributed by atoms with Crippen LogP contribution in [0.3, 0.4) is 0 Å². The summed E-state index contributed by atoms with van der Waals surface area (Å²) in [7, 11) is 2.07. The number of piperidine rings is 1. The summed E-state index contributed by atoms with van der Waals surface area (Å²) in [6.45, 7) is 1.83. The fraction of sp³-hybridized carbons (Fsp3) is 0.258. The highest BCUT2D eigenvalue weighted by molar-refractivity contribution is 5.95. The Hall–Kier alpha value is -4.97. The van der Waals surface area contributed by atoms with Crippen LogP contribution in [0, 0.1) is 11.6 Å². The number of aromatic amines is 1. The summed E-state index contributed by atoms with van der Waals surface area (Å²) in [5.74, 6) is -1.15. The molecule has 1 fully saturated rings. The van der Waals surface area contributed by atoms with E-state index in [0.717, 1.165) is 25.9 Å². The molecule has 0 amide bonds. The number of hydrogen-bond acceptors (Lipinski definition) is 8. The molecule has 0 atom stereocenters. The number of hydrogen-bond donors (Lipinski definition) is 1. The molecule has 5 aromatic rings. The van der Waals surface area contributed by atoms with E-state index in [1.165, 1.54) is 59.6 Å². The zero-order valence-electron chi connectivity index (χ0n) is 22.6. The molecule has 10 nitrogen and oxygen atoms in total. The fourth-order valence-corrected chi connectivity index (χ4v) is 4.86. The standard InChI is InChI=1S/C30H26F2N6O4.CH4/c1-37-13-9-21(10-14-37)41-29-26-25(8-11-34-28(26)35-36-29)42-24-7-2-18(16-22(24)32)17-23(39)27-30(40)38(15-12-33-27)20-5-3-19(31)4-6-20;/h2-8,11-12,15-16,21H,9-10,13-14,17H2,1H3,(H,34,35,36);1H4. The Kier molecular flexibility index (Phi) is 8.58. The van der Waals surface area contributed by atoms with E-state index in [1.807, 2.05) is 0 Å². The Morgan fingerprint density at radius 3 is 2.53 bits per heavy atom. The molecule has 222 valence electrons. The number of benzene rings is 2. The lowest BCUT2D eigenvalue weighted by molar-refractivity contribution is 0.0986. The molecular weight excluding hydrogens is 558 g/mol. The second-order valence-electron chi connectivity index (χ2n) is 10.1. The van der Waals surface area contributed by atoms with E-state index in [0.29, 0.717) is 33.9 Å². The van der Waals surface area contributed by atoms with Crippen molar-refractivity contribution in [3.8, 4) is 23.1 Å². The number of likely N-dealkylation sites (tertiary alicyclic amines) is 1. The zero-order chi connectivity index (χ0) is 29.2. The lowest BCUT2D eigenvalue weighted by atomic mass is 10.1. The summed E-state index contributed by atoms with van der Waals surface area (Å²) in [4.78, 5) is 36.4. The van der Waals surface area contributed by atoms with Crippen molar-refractivity contribution < 1.29 is 23.0 Å². The topological polar surface area (TPSA) is 115 Å². The number of aromatic nitrogens is 5. The lowest BCUT2D eigenvalue weighted by Crippen LogP contribution is -2.35. The van der Waals surface area contributed by atoms with Gasteiger partial charge in [-0.1, -0.05) is 13.5 Å². The highest BCUT2D eigenvalue weighted by Crippen LogP contribution is 2.36. The highest BCUT2D eigenvalue weighted by Gasteiger charge is 2.23. The van der Waals surface area contributed by atoms with E-state index in [-0.39, 0.29) is 31.4 Å². The van der Waals surface area contributed by atoms with Crippen LogP contribution >= 0.6 is 0 Å². The molecule has 2 aromatic carbocycles. The third kappa shape index (κ3) is 6.28. The van der Waals surface area contributed by atoms with Gasteiger partial charge in [0.05, 0.1) is 0 Å². The quantitative estimate of drug-likeness (QED) is 0.249. The molecule has 1 aliphatic heterocycles. The first-order chi connectivity index (χ1) is 20.4. The molecule has 0 unspecified atom stereocenters. The summed E-state index contributed by atoms with van der Waals surface area (Å²) >= 11 is 0. The molecular formula is C31H30F2N6O4. The Morgan fingerprint density at radius 1 is 1.02 bits per heavy atom. The van der Waals surface area contributed by atoms with E-state index >= 15 is 4.39 Å².